The third-order valence-corrected chi connectivity index (χ3v) is 2.47. The number of carboxylic acids is 1. The summed E-state index contributed by atoms with van der Waals surface area (Å²) in [6.45, 7) is 0.196. The number of nitrogens with zero attached hydrogens (tertiary/aromatic N) is 2. The molecule has 0 saturated carbocycles. The first-order valence-corrected chi connectivity index (χ1v) is 5.67. The van der Waals surface area contributed by atoms with Gasteiger partial charge in [-0.15, -0.1) is 0 Å². The number of nitrogens with one attached hydrogen (secondary N) is 1. The van der Waals surface area contributed by atoms with Gasteiger partial charge in [-0.2, -0.15) is 4.98 Å². The average Bonchev–Trinajstić information content (AvgIpc) is 2.42. The van der Waals surface area contributed by atoms with E-state index in [1.165, 1.54) is 26.4 Å². The van der Waals surface area contributed by atoms with Crippen LogP contribution in [0, 0.1) is 10.1 Å². The van der Waals surface area contributed by atoms with Gasteiger partial charge < -0.3 is 19.9 Å². The van der Waals surface area contributed by atoms with Crippen molar-refractivity contribution >= 4 is 17.5 Å². The molecule has 20 heavy (non-hydrogen) atoms. The smallest absolute Gasteiger partial charge is 0.326 e. The number of anilines is 1. The zero-order valence-electron chi connectivity index (χ0n) is 11.0. The van der Waals surface area contributed by atoms with Gasteiger partial charge in [0, 0.05) is 32.3 Å². The van der Waals surface area contributed by atoms with E-state index >= 15 is 0 Å². The summed E-state index contributed by atoms with van der Waals surface area (Å²) in [4.78, 5) is 25.2. The van der Waals surface area contributed by atoms with E-state index in [2.05, 4.69) is 10.3 Å². The molecule has 0 aromatic carbocycles. The quantitative estimate of drug-likeness (QED) is 0.533. The van der Waals surface area contributed by atoms with Crippen LogP contribution in [0.2, 0.25) is 0 Å². The standard InChI is InChI=1S/C11H15N3O6/c1-19-6-5-7(11(15)16)12-10-8(14(17)18)3-4-9(13-10)20-2/h3-4,7H,5-6H2,1-2H3,(H,12,13)(H,15,16). The van der Waals surface area contributed by atoms with Crippen LogP contribution in [0.15, 0.2) is 12.1 Å². The number of carbonyl (C=O) groups is 1. The normalized spacial score (nSPS) is 11.7. The van der Waals surface area contributed by atoms with Crippen LogP contribution in [0.25, 0.3) is 0 Å². The monoisotopic (exact) mass is 285 g/mol. The molecule has 110 valence electrons. The van der Waals surface area contributed by atoms with Gasteiger partial charge in [-0.3, -0.25) is 10.1 Å². The van der Waals surface area contributed by atoms with Crippen molar-refractivity contribution in [3.8, 4) is 5.88 Å². The molecule has 9 nitrogen and oxygen atoms in total. The number of hydrogen-bond acceptors (Lipinski definition) is 7. The summed E-state index contributed by atoms with van der Waals surface area (Å²) in [6, 6.07) is 1.48. The Hall–Kier alpha value is -2.42. The molecule has 1 unspecified atom stereocenters. The number of methoxy groups -OCH3 is 2. The van der Waals surface area contributed by atoms with Crippen molar-refractivity contribution in [1.82, 2.24) is 4.98 Å². The number of hydrogen-bond donors (Lipinski definition) is 2. The van der Waals surface area contributed by atoms with Crippen molar-refractivity contribution in [1.29, 1.82) is 0 Å². The van der Waals surface area contributed by atoms with Gasteiger partial charge in [-0.05, 0) is 0 Å². The molecule has 2 N–H and O–H groups in total. The second-order valence-electron chi connectivity index (χ2n) is 3.80. The summed E-state index contributed by atoms with van der Waals surface area (Å²) >= 11 is 0. The highest BCUT2D eigenvalue weighted by atomic mass is 16.6. The number of rotatable bonds is 8. The Balaban J connectivity index is 3.02. The minimum absolute atomic E-state index is 0.141. The van der Waals surface area contributed by atoms with E-state index in [0.29, 0.717) is 0 Å². The molecular formula is C11H15N3O6. The molecule has 1 rings (SSSR count). The van der Waals surface area contributed by atoms with Gasteiger partial charge in [0.05, 0.1) is 12.0 Å². The molecule has 1 aromatic rings. The van der Waals surface area contributed by atoms with Gasteiger partial charge >= 0.3 is 11.7 Å². The highest BCUT2D eigenvalue weighted by Gasteiger charge is 2.23. The molecular weight excluding hydrogens is 270 g/mol. The van der Waals surface area contributed by atoms with E-state index in [1.54, 1.807) is 0 Å². The topological polar surface area (TPSA) is 124 Å². The lowest BCUT2D eigenvalue weighted by Gasteiger charge is -2.15. The van der Waals surface area contributed by atoms with Crippen LogP contribution in [0.4, 0.5) is 11.5 Å². The fourth-order valence-electron chi connectivity index (χ4n) is 1.46. The maximum atomic E-state index is 11.1. The van der Waals surface area contributed by atoms with Crippen LogP contribution in [-0.2, 0) is 9.53 Å². The van der Waals surface area contributed by atoms with Gasteiger partial charge in [0.1, 0.15) is 6.04 Å². The molecule has 1 aromatic heterocycles. The molecule has 0 fully saturated rings. The van der Waals surface area contributed by atoms with Crippen LogP contribution in [0.5, 0.6) is 5.88 Å². The maximum Gasteiger partial charge on any atom is 0.326 e. The maximum absolute atomic E-state index is 11.1. The van der Waals surface area contributed by atoms with Crippen molar-refractivity contribution in [2.75, 3.05) is 26.1 Å². The van der Waals surface area contributed by atoms with Crippen molar-refractivity contribution in [2.45, 2.75) is 12.5 Å². The Labute approximate surface area is 114 Å². The SMILES string of the molecule is COCCC(Nc1nc(OC)ccc1[N+](=O)[O-])C(=O)O. The van der Waals surface area contributed by atoms with E-state index in [4.69, 9.17) is 14.6 Å². The van der Waals surface area contributed by atoms with Gasteiger partial charge in [0.15, 0.2) is 0 Å². The summed E-state index contributed by atoms with van der Waals surface area (Å²) in [7, 11) is 2.79. The van der Waals surface area contributed by atoms with Crippen molar-refractivity contribution in [3.05, 3.63) is 22.2 Å². The van der Waals surface area contributed by atoms with Crippen LogP contribution in [0.3, 0.4) is 0 Å². The van der Waals surface area contributed by atoms with Gasteiger partial charge in [-0.1, -0.05) is 0 Å². The summed E-state index contributed by atoms with van der Waals surface area (Å²) < 4.78 is 9.67. The molecule has 0 spiro atoms. The minimum atomic E-state index is -1.15. The zero-order valence-corrected chi connectivity index (χ0v) is 11.0. The Morgan fingerprint density at radius 3 is 2.75 bits per heavy atom. The molecule has 9 heteroatoms. The van der Waals surface area contributed by atoms with Crippen LogP contribution in [0.1, 0.15) is 6.42 Å². The molecule has 0 aliphatic carbocycles. The van der Waals surface area contributed by atoms with Crippen LogP contribution >= 0.6 is 0 Å². The number of nitro groups is 1. The molecule has 0 radical (unpaired) electrons. The number of carboxylic acid groups (broad SMARTS) is 1. The third-order valence-electron chi connectivity index (χ3n) is 2.47. The van der Waals surface area contributed by atoms with Crippen molar-refractivity contribution in [2.24, 2.45) is 0 Å². The van der Waals surface area contributed by atoms with Crippen LogP contribution in [-0.4, -0.2) is 47.9 Å². The molecule has 1 heterocycles. The fourth-order valence-corrected chi connectivity index (χ4v) is 1.46. The Morgan fingerprint density at radius 1 is 1.55 bits per heavy atom. The van der Waals surface area contributed by atoms with Crippen molar-refractivity contribution < 1.29 is 24.3 Å². The van der Waals surface area contributed by atoms with Gasteiger partial charge in [0.2, 0.25) is 11.7 Å². The summed E-state index contributed by atoms with van der Waals surface area (Å²) in [5.41, 5.74) is -0.325. The van der Waals surface area contributed by atoms with E-state index in [0.717, 1.165) is 0 Å². The average molecular weight is 285 g/mol. The largest absolute Gasteiger partial charge is 0.481 e. The van der Waals surface area contributed by atoms with Gasteiger partial charge in [-0.25, -0.2) is 4.79 Å². The predicted molar refractivity (Wildman–Crippen MR) is 69.0 cm³/mol. The second-order valence-corrected chi connectivity index (χ2v) is 3.80. The van der Waals surface area contributed by atoms with Crippen molar-refractivity contribution in [3.63, 3.8) is 0 Å². The highest BCUT2D eigenvalue weighted by molar-refractivity contribution is 5.78. The lowest BCUT2D eigenvalue weighted by atomic mass is 10.2. The van der Waals surface area contributed by atoms with E-state index in [9.17, 15) is 14.9 Å². The second kappa shape index (κ2) is 7.24. The molecule has 0 saturated heterocycles. The molecule has 0 aliphatic heterocycles. The first-order chi connectivity index (χ1) is 9.49. The first-order valence-electron chi connectivity index (χ1n) is 5.67. The summed E-state index contributed by atoms with van der Waals surface area (Å²) in [5.74, 6) is -1.16. The lowest BCUT2D eigenvalue weighted by Crippen LogP contribution is -2.31. The molecule has 1 atom stereocenters. The van der Waals surface area contributed by atoms with Gasteiger partial charge in [0.25, 0.3) is 0 Å². The molecule has 0 bridgehead atoms. The molecule has 0 amide bonds. The van der Waals surface area contributed by atoms with E-state index in [-0.39, 0.29) is 30.4 Å². The summed E-state index contributed by atoms with van der Waals surface area (Å²) in [5, 5.41) is 22.5. The molecule has 0 aliphatic rings. The number of pyridine rings is 1. The zero-order chi connectivity index (χ0) is 15.1. The fraction of sp³-hybridized carbons (Fsp3) is 0.455. The van der Waals surface area contributed by atoms with E-state index in [1.807, 2.05) is 0 Å². The number of aromatic nitrogens is 1. The predicted octanol–water partition coefficient (Wildman–Crippen LogP) is 0.900. The lowest BCUT2D eigenvalue weighted by molar-refractivity contribution is -0.384. The van der Waals surface area contributed by atoms with Crippen LogP contribution < -0.4 is 10.1 Å². The first kappa shape index (κ1) is 15.6. The number of ether oxygens (including phenoxy) is 2. The minimum Gasteiger partial charge on any atom is -0.481 e. The Bertz CT molecular complexity index is 493. The highest BCUT2D eigenvalue weighted by Crippen LogP contribution is 2.25. The number of aliphatic carboxylic acids is 1. The Kier molecular flexibility index (Phi) is 5.66. The Morgan fingerprint density at radius 2 is 2.25 bits per heavy atom. The van der Waals surface area contributed by atoms with E-state index < -0.39 is 16.9 Å². The third kappa shape index (κ3) is 4.05. The summed E-state index contributed by atoms with van der Waals surface area (Å²) in [6.07, 6.45) is 0.141.